The van der Waals surface area contributed by atoms with E-state index in [9.17, 15) is 14.4 Å². The van der Waals surface area contributed by atoms with Gasteiger partial charge in [0.05, 0.1) is 22.0 Å². The maximum Gasteiger partial charge on any atom is 0.346 e. The highest BCUT2D eigenvalue weighted by Gasteiger charge is 2.42. The zero-order valence-electron chi connectivity index (χ0n) is 15.8. The molecule has 0 unspecified atom stereocenters. The van der Waals surface area contributed by atoms with E-state index < -0.39 is 23.5 Å². The van der Waals surface area contributed by atoms with Crippen LogP contribution in [0.3, 0.4) is 0 Å². The Morgan fingerprint density at radius 2 is 1.37 bits per heavy atom. The lowest BCUT2D eigenvalue weighted by molar-refractivity contribution is 0.0553. The molecule has 1 atom stereocenters. The van der Waals surface area contributed by atoms with Crippen molar-refractivity contribution in [2.24, 2.45) is 0 Å². The molecule has 1 aliphatic heterocycles. The summed E-state index contributed by atoms with van der Waals surface area (Å²) < 4.78 is 5.52. The van der Waals surface area contributed by atoms with Gasteiger partial charge in [-0.25, -0.2) is 9.78 Å². The molecule has 4 aromatic rings. The van der Waals surface area contributed by atoms with Crippen molar-refractivity contribution in [1.29, 1.82) is 0 Å². The maximum absolute atomic E-state index is 13.1. The standard InChI is InChI=1S/C24H16N2O4/c27-22-16-10-4-5-11-17(16)23(28)26(22)20(14-15-8-2-1-3-9-15)21-25-19-13-7-6-12-18(19)24(29)30-21/h1-13,20H,14H2/t20-/m1/s1. The highest BCUT2D eigenvalue weighted by molar-refractivity contribution is 6.21. The van der Waals surface area contributed by atoms with E-state index in [-0.39, 0.29) is 12.3 Å². The number of fused-ring (bicyclic) bond motifs is 2. The van der Waals surface area contributed by atoms with Gasteiger partial charge >= 0.3 is 5.63 Å². The molecule has 1 aliphatic rings. The minimum Gasteiger partial charge on any atom is -0.406 e. The topological polar surface area (TPSA) is 80.5 Å². The van der Waals surface area contributed by atoms with E-state index in [1.54, 1.807) is 48.5 Å². The second-order valence-corrected chi connectivity index (χ2v) is 7.09. The van der Waals surface area contributed by atoms with Crippen LogP contribution in [0.1, 0.15) is 38.2 Å². The van der Waals surface area contributed by atoms with Crippen molar-refractivity contribution in [3.8, 4) is 0 Å². The molecule has 0 fully saturated rings. The number of imide groups is 1. The smallest absolute Gasteiger partial charge is 0.346 e. The largest absolute Gasteiger partial charge is 0.406 e. The van der Waals surface area contributed by atoms with E-state index >= 15 is 0 Å². The third kappa shape index (κ3) is 2.90. The molecule has 0 radical (unpaired) electrons. The summed E-state index contributed by atoms with van der Waals surface area (Å²) in [7, 11) is 0. The maximum atomic E-state index is 13.1. The molecule has 0 saturated carbocycles. The third-order valence-corrected chi connectivity index (χ3v) is 5.25. The fourth-order valence-corrected chi connectivity index (χ4v) is 3.80. The van der Waals surface area contributed by atoms with Crippen LogP contribution >= 0.6 is 0 Å². The van der Waals surface area contributed by atoms with Gasteiger partial charge in [-0.05, 0) is 29.8 Å². The minimum absolute atomic E-state index is 0.0389. The monoisotopic (exact) mass is 396 g/mol. The van der Waals surface area contributed by atoms with Gasteiger partial charge in [0.1, 0.15) is 6.04 Å². The summed E-state index contributed by atoms with van der Waals surface area (Å²) in [4.78, 5) is 44.4. The van der Waals surface area contributed by atoms with Gasteiger partial charge < -0.3 is 4.42 Å². The Bertz CT molecular complexity index is 1310. The molecule has 0 aliphatic carbocycles. The first-order valence-electron chi connectivity index (χ1n) is 9.54. The van der Waals surface area contributed by atoms with Gasteiger partial charge in [-0.15, -0.1) is 0 Å². The lowest BCUT2D eigenvalue weighted by Crippen LogP contribution is -2.36. The first-order valence-corrected chi connectivity index (χ1v) is 9.54. The normalized spacial score (nSPS) is 14.2. The molecule has 146 valence electrons. The highest BCUT2D eigenvalue weighted by Crippen LogP contribution is 2.33. The molecule has 2 heterocycles. The first kappa shape index (κ1) is 18.0. The SMILES string of the molecule is O=C1c2ccccc2C(=O)N1[C@H](Cc1ccccc1)c1nc2ccccc2c(=O)o1. The van der Waals surface area contributed by atoms with Crippen molar-refractivity contribution < 1.29 is 14.0 Å². The Hall–Kier alpha value is -4.06. The molecule has 2 amide bonds. The molecule has 1 aromatic heterocycles. The van der Waals surface area contributed by atoms with Gasteiger partial charge in [-0.2, -0.15) is 0 Å². The van der Waals surface area contributed by atoms with Gasteiger partial charge in [0, 0.05) is 6.42 Å². The summed E-state index contributed by atoms with van der Waals surface area (Å²) in [5, 5.41) is 0.349. The Balaban J connectivity index is 1.66. The van der Waals surface area contributed by atoms with E-state index in [1.165, 1.54) is 0 Å². The number of hydrogen-bond donors (Lipinski definition) is 0. The van der Waals surface area contributed by atoms with E-state index in [4.69, 9.17) is 4.42 Å². The average molecular weight is 396 g/mol. The van der Waals surface area contributed by atoms with Crippen LogP contribution in [0.5, 0.6) is 0 Å². The molecule has 0 spiro atoms. The van der Waals surface area contributed by atoms with Gasteiger partial charge in [0.15, 0.2) is 0 Å². The fourth-order valence-electron chi connectivity index (χ4n) is 3.80. The molecule has 0 saturated heterocycles. The van der Waals surface area contributed by atoms with E-state index in [0.717, 1.165) is 10.5 Å². The summed E-state index contributed by atoms with van der Waals surface area (Å²) in [5.41, 5.74) is 1.47. The lowest BCUT2D eigenvalue weighted by Gasteiger charge is -2.24. The van der Waals surface area contributed by atoms with Crippen molar-refractivity contribution in [2.45, 2.75) is 12.5 Å². The summed E-state index contributed by atoms with van der Waals surface area (Å²) in [6.07, 6.45) is 0.278. The van der Waals surface area contributed by atoms with Crippen LogP contribution in [0.4, 0.5) is 0 Å². The van der Waals surface area contributed by atoms with Gasteiger partial charge in [0.25, 0.3) is 11.8 Å². The number of carbonyl (C=O) groups is 2. The van der Waals surface area contributed by atoms with Gasteiger partial charge in [-0.1, -0.05) is 54.6 Å². The van der Waals surface area contributed by atoms with Gasteiger partial charge in [0.2, 0.25) is 5.89 Å². The number of rotatable bonds is 4. The Morgan fingerprint density at radius 3 is 2.07 bits per heavy atom. The van der Waals surface area contributed by atoms with Crippen molar-refractivity contribution in [2.75, 3.05) is 0 Å². The van der Waals surface area contributed by atoms with E-state index in [1.807, 2.05) is 30.3 Å². The van der Waals surface area contributed by atoms with Crippen LogP contribution in [0, 0.1) is 0 Å². The summed E-state index contributed by atoms with van der Waals surface area (Å²) in [6.45, 7) is 0. The van der Waals surface area contributed by atoms with Crippen LogP contribution in [0.15, 0.2) is 88.1 Å². The Labute approximate surface area is 171 Å². The predicted octanol–water partition coefficient (Wildman–Crippen LogP) is 3.77. The predicted molar refractivity (Wildman–Crippen MR) is 110 cm³/mol. The number of hydrogen-bond acceptors (Lipinski definition) is 5. The molecular formula is C24H16N2O4. The van der Waals surface area contributed by atoms with E-state index in [0.29, 0.717) is 22.0 Å². The number of amides is 2. The number of benzene rings is 3. The van der Waals surface area contributed by atoms with Crippen molar-refractivity contribution in [3.63, 3.8) is 0 Å². The fraction of sp³-hybridized carbons (Fsp3) is 0.0833. The minimum atomic E-state index is -0.850. The molecule has 30 heavy (non-hydrogen) atoms. The number of para-hydroxylation sites is 1. The zero-order chi connectivity index (χ0) is 20.7. The Kier molecular flexibility index (Phi) is 4.25. The van der Waals surface area contributed by atoms with Crippen molar-refractivity contribution >= 4 is 22.7 Å². The first-order chi connectivity index (χ1) is 14.6. The lowest BCUT2D eigenvalue weighted by atomic mass is 10.0. The van der Waals surface area contributed by atoms with Crippen molar-refractivity contribution in [1.82, 2.24) is 9.88 Å². The third-order valence-electron chi connectivity index (χ3n) is 5.25. The van der Waals surface area contributed by atoms with Crippen molar-refractivity contribution in [3.05, 3.63) is 112 Å². The summed E-state index contributed by atoms with van der Waals surface area (Å²) >= 11 is 0. The Morgan fingerprint density at radius 1 is 0.767 bits per heavy atom. The van der Waals surface area contributed by atoms with E-state index in [2.05, 4.69) is 4.98 Å². The number of nitrogens with zero attached hydrogens (tertiary/aromatic N) is 2. The van der Waals surface area contributed by atoms with Crippen LogP contribution < -0.4 is 5.63 Å². The van der Waals surface area contributed by atoms with Gasteiger partial charge in [-0.3, -0.25) is 14.5 Å². The van der Waals surface area contributed by atoms with Crippen LogP contribution in [0.25, 0.3) is 10.9 Å². The molecular weight excluding hydrogens is 380 g/mol. The van der Waals surface area contributed by atoms with Crippen LogP contribution in [-0.2, 0) is 6.42 Å². The molecule has 3 aromatic carbocycles. The molecule has 5 rings (SSSR count). The second kappa shape index (κ2) is 7.08. The highest BCUT2D eigenvalue weighted by atomic mass is 16.4. The summed E-state index contributed by atoms with van der Waals surface area (Å²) in [6, 6.07) is 22.1. The summed E-state index contributed by atoms with van der Waals surface area (Å²) in [5.74, 6) is -0.805. The van der Waals surface area contributed by atoms with Crippen LogP contribution in [0.2, 0.25) is 0 Å². The molecule has 6 nitrogen and oxygen atoms in total. The molecule has 0 N–H and O–H groups in total. The number of aromatic nitrogens is 1. The average Bonchev–Trinajstić information content (AvgIpc) is 3.03. The zero-order valence-corrected chi connectivity index (χ0v) is 15.8. The quantitative estimate of drug-likeness (QED) is 0.491. The second-order valence-electron chi connectivity index (χ2n) is 7.09. The number of carbonyl (C=O) groups excluding carboxylic acids is 2. The molecule has 6 heteroatoms. The molecule has 0 bridgehead atoms. The van der Waals surface area contributed by atoms with Crippen LogP contribution in [-0.4, -0.2) is 21.7 Å².